The van der Waals surface area contributed by atoms with Crippen molar-refractivity contribution in [3.05, 3.63) is 66.4 Å². The molecule has 2 N–H and O–H groups in total. The molecule has 4 heterocycles. The van der Waals surface area contributed by atoms with Crippen LogP contribution in [0.25, 0.3) is 16.6 Å². The van der Waals surface area contributed by atoms with Crippen molar-refractivity contribution in [2.45, 2.75) is 37.3 Å². The highest BCUT2D eigenvalue weighted by Gasteiger charge is 2.37. The van der Waals surface area contributed by atoms with Crippen LogP contribution >= 0.6 is 0 Å². The number of methoxy groups -OCH3 is 1. The highest BCUT2D eigenvalue weighted by molar-refractivity contribution is 5.87. The van der Waals surface area contributed by atoms with Gasteiger partial charge < -0.3 is 19.9 Å². The number of hydrogen-bond donors (Lipinski definition) is 1. The monoisotopic (exact) mass is 499 g/mol. The maximum atomic E-state index is 15.0. The van der Waals surface area contributed by atoms with Crippen molar-refractivity contribution < 1.29 is 13.9 Å². The summed E-state index contributed by atoms with van der Waals surface area (Å²) in [5, 5.41) is 0. The SMILES string of the molecule is C=CC(=O)N1C[C@H](c2nc(C#Cc3cc4ncn(C5CC5)c4cc3F)c3c(N)nccn23)C[C@@H]1COC. The lowest BCUT2D eigenvalue weighted by Gasteiger charge is -2.22. The van der Waals surface area contributed by atoms with Gasteiger partial charge >= 0.3 is 0 Å². The molecule has 1 aliphatic heterocycles. The Hall–Kier alpha value is -4.23. The molecule has 0 radical (unpaired) electrons. The third-order valence-electron chi connectivity index (χ3n) is 7.13. The molecule has 0 unspecified atom stereocenters. The van der Waals surface area contributed by atoms with Crippen LogP contribution in [0.1, 0.15) is 48.3 Å². The zero-order chi connectivity index (χ0) is 25.7. The summed E-state index contributed by atoms with van der Waals surface area (Å²) in [7, 11) is 1.61. The van der Waals surface area contributed by atoms with Crippen molar-refractivity contribution in [2.24, 2.45) is 0 Å². The van der Waals surface area contributed by atoms with Crippen LogP contribution in [-0.2, 0) is 9.53 Å². The summed E-state index contributed by atoms with van der Waals surface area (Å²) < 4.78 is 24.2. The predicted octanol–water partition coefficient (Wildman–Crippen LogP) is 3.05. The average molecular weight is 500 g/mol. The molecule has 6 rings (SSSR count). The van der Waals surface area contributed by atoms with Crippen LogP contribution in [-0.4, -0.2) is 61.0 Å². The number of fused-ring (bicyclic) bond motifs is 2. The number of halogens is 1. The minimum Gasteiger partial charge on any atom is -0.383 e. The Morgan fingerprint density at radius 2 is 2.16 bits per heavy atom. The zero-order valence-corrected chi connectivity index (χ0v) is 20.4. The Morgan fingerprint density at radius 1 is 1.32 bits per heavy atom. The van der Waals surface area contributed by atoms with Gasteiger partial charge in [-0.05, 0) is 37.3 Å². The molecule has 0 bridgehead atoms. The Bertz CT molecular complexity index is 1610. The van der Waals surface area contributed by atoms with Crippen molar-refractivity contribution in [1.29, 1.82) is 0 Å². The van der Waals surface area contributed by atoms with E-state index in [2.05, 4.69) is 28.4 Å². The van der Waals surface area contributed by atoms with E-state index >= 15 is 4.39 Å². The Morgan fingerprint density at radius 3 is 2.92 bits per heavy atom. The lowest BCUT2D eigenvalue weighted by Crippen LogP contribution is -2.37. The number of ether oxygens (including phenoxy) is 1. The second-order valence-electron chi connectivity index (χ2n) is 9.54. The number of nitrogens with zero attached hydrogens (tertiary/aromatic N) is 6. The Kier molecular flexibility index (Phi) is 5.65. The van der Waals surface area contributed by atoms with Crippen LogP contribution in [0, 0.1) is 17.7 Å². The highest BCUT2D eigenvalue weighted by atomic mass is 19.1. The zero-order valence-electron chi connectivity index (χ0n) is 20.4. The van der Waals surface area contributed by atoms with E-state index in [1.807, 2.05) is 8.97 Å². The number of benzene rings is 1. The van der Waals surface area contributed by atoms with Gasteiger partial charge in [-0.25, -0.2) is 19.3 Å². The summed E-state index contributed by atoms with van der Waals surface area (Å²) >= 11 is 0. The first-order valence-corrected chi connectivity index (χ1v) is 12.2. The molecular formula is C27H26FN7O2. The minimum atomic E-state index is -0.408. The first-order chi connectivity index (χ1) is 18.0. The summed E-state index contributed by atoms with van der Waals surface area (Å²) in [5.74, 6) is 6.31. The summed E-state index contributed by atoms with van der Waals surface area (Å²) in [6.45, 7) is 4.49. The third kappa shape index (κ3) is 4.01. The van der Waals surface area contributed by atoms with Crippen molar-refractivity contribution in [3.8, 4) is 11.8 Å². The van der Waals surface area contributed by atoms with Gasteiger partial charge in [0, 0.05) is 44.1 Å². The van der Waals surface area contributed by atoms with E-state index in [1.54, 1.807) is 36.8 Å². The number of carbonyl (C=O) groups is 1. The van der Waals surface area contributed by atoms with Crippen LogP contribution < -0.4 is 5.73 Å². The number of anilines is 1. The molecule has 1 saturated heterocycles. The van der Waals surface area contributed by atoms with Crippen LogP contribution in [0.5, 0.6) is 0 Å². The number of aromatic nitrogens is 5. The number of imidazole rings is 2. The summed E-state index contributed by atoms with van der Waals surface area (Å²) in [4.78, 5) is 27.7. The number of nitrogen functional groups attached to an aromatic ring is 1. The van der Waals surface area contributed by atoms with E-state index in [-0.39, 0.29) is 29.2 Å². The molecule has 4 aromatic rings. The van der Waals surface area contributed by atoms with Gasteiger partial charge in [0.25, 0.3) is 0 Å². The van der Waals surface area contributed by atoms with E-state index in [4.69, 9.17) is 15.5 Å². The fourth-order valence-electron chi connectivity index (χ4n) is 5.22. The molecule has 1 aromatic carbocycles. The molecule has 2 aliphatic rings. The first kappa shape index (κ1) is 23.2. The van der Waals surface area contributed by atoms with Crippen molar-refractivity contribution in [3.63, 3.8) is 0 Å². The van der Waals surface area contributed by atoms with Crippen molar-refractivity contribution in [1.82, 2.24) is 28.8 Å². The summed E-state index contributed by atoms with van der Waals surface area (Å²) in [5.41, 5.74) is 8.91. The van der Waals surface area contributed by atoms with Gasteiger partial charge in [0.05, 0.1) is 35.6 Å². The Labute approximate surface area is 212 Å². The molecule has 2 fully saturated rings. The number of amides is 1. The van der Waals surface area contributed by atoms with E-state index in [9.17, 15) is 4.79 Å². The molecule has 37 heavy (non-hydrogen) atoms. The van der Waals surface area contributed by atoms with Gasteiger partial charge in [0.1, 0.15) is 22.9 Å². The average Bonchev–Trinajstić information content (AvgIpc) is 3.35. The second kappa shape index (κ2) is 9.01. The molecule has 1 amide bonds. The lowest BCUT2D eigenvalue weighted by molar-refractivity contribution is -0.127. The molecule has 2 atom stereocenters. The normalized spacial score (nSPS) is 19.4. The first-order valence-electron chi connectivity index (χ1n) is 12.2. The second-order valence-corrected chi connectivity index (χ2v) is 9.54. The molecule has 188 valence electrons. The van der Waals surface area contributed by atoms with Gasteiger partial charge in [0.2, 0.25) is 5.91 Å². The van der Waals surface area contributed by atoms with Crippen LogP contribution in [0.15, 0.2) is 43.5 Å². The van der Waals surface area contributed by atoms with Gasteiger partial charge in [-0.3, -0.25) is 9.20 Å². The predicted molar refractivity (Wildman–Crippen MR) is 136 cm³/mol. The fraction of sp³-hybridized carbons (Fsp3) is 0.333. The maximum Gasteiger partial charge on any atom is 0.246 e. The van der Waals surface area contributed by atoms with Gasteiger partial charge in [0.15, 0.2) is 5.82 Å². The molecule has 1 saturated carbocycles. The Balaban J connectivity index is 1.39. The number of nitrogens with two attached hydrogens (primary N) is 1. The largest absolute Gasteiger partial charge is 0.383 e. The number of likely N-dealkylation sites (tertiary alicyclic amines) is 1. The van der Waals surface area contributed by atoms with Crippen LogP contribution in [0.4, 0.5) is 10.2 Å². The smallest absolute Gasteiger partial charge is 0.246 e. The summed E-state index contributed by atoms with van der Waals surface area (Å²) in [6, 6.07) is 3.47. The van der Waals surface area contributed by atoms with E-state index in [0.29, 0.717) is 48.2 Å². The maximum absolute atomic E-state index is 15.0. The molecular weight excluding hydrogens is 473 g/mol. The van der Waals surface area contributed by atoms with E-state index < -0.39 is 5.82 Å². The van der Waals surface area contributed by atoms with Gasteiger partial charge in [-0.1, -0.05) is 12.5 Å². The highest BCUT2D eigenvalue weighted by Crippen LogP contribution is 2.37. The van der Waals surface area contributed by atoms with E-state index in [0.717, 1.165) is 18.4 Å². The van der Waals surface area contributed by atoms with E-state index in [1.165, 1.54) is 12.1 Å². The number of hydrogen-bond acceptors (Lipinski definition) is 6. The fourth-order valence-corrected chi connectivity index (χ4v) is 5.22. The molecule has 1 aliphatic carbocycles. The molecule has 9 nitrogen and oxygen atoms in total. The van der Waals surface area contributed by atoms with Gasteiger partial charge in [-0.15, -0.1) is 0 Å². The number of rotatable bonds is 5. The minimum absolute atomic E-state index is 0.0756. The standard InChI is InChI=1S/C27H26FN7O2/c1-3-24(36)34-13-17(10-19(34)14-37-2)27-32-21(25-26(29)30-8-9-33(25)27)7-4-16-11-22-23(12-20(16)28)35(15-31-22)18-5-6-18/h3,8-9,11-12,15,17-19H,1,5-6,10,13-14H2,2H3,(H2,29,30)/t17-,19-/m1/s1. The lowest BCUT2D eigenvalue weighted by atomic mass is 10.1. The molecule has 10 heteroatoms. The molecule has 0 spiro atoms. The molecule has 3 aromatic heterocycles. The quantitative estimate of drug-likeness (QED) is 0.334. The third-order valence-corrected chi connectivity index (χ3v) is 7.13. The summed E-state index contributed by atoms with van der Waals surface area (Å²) in [6.07, 6.45) is 9.30. The van der Waals surface area contributed by atoms with Crippen molar-refractivity contribution in [2.75, 3.05) is 26.0 Å². The number of carbonyl (C=O) groups excluding carboxylic acids is 1. The van der Waals surface area contributed by atoms with Crippen molar-refractivity contribution >= 4 is 28.3 Å². The van der Waals surface area contributed by atoms with Gasteiger partial charge in [-0.2, -0.15) is 0 Å². The van der Waals surface area contributed by atoms with Crippen LogP contribution in [0.2, 0.25) is 0 Å². The topological polar surface area (TPSA) is 104 Å². The van der Waals surface area contributed by atoms with Crippen LogP contribution in [0.3, 0.4) is 0 Å².